The van der Waals surface area contributed by atoms with Gasteiger partial charge in [-0.05, 0) is 35.4 Å². The summed E-state index contributed by atoms with van der Waals surface area (Å²) in [6, 6.07) is 13.3. The molecule has 0 saturated heterocycles. The Morgan fingerprint density at radius 3 is 2.30 bits per heavy atom. The van der Waals surface area contributed by atoms with Crippen LogP contribution in [0, 0.1) is 0 Å². The summed E-state index contributed by atoms with van der Waals surface area (Å²) in [6.45, 7) is 0.536. The van der Waals surface area contributed by atoms with E-state index in [1.807, 2.05) is 54.6 Å². The molecule has 0 radical (unpaired) electrons. The number of rotatable bonds is 10. The second kappa shape index (κ2) is 10.1. The van der Waals surface area contributed by atoms with Gasteiger partial charge in [-0.15, -0.1) is 5.10 Å². The smallest absolute Gasteiger partial charge is 0.305 e. The first kappa shape index (κ1) is 20.9. The van der Waals surface area contributed by atoms with Crippen molar-refractivity contribution in [1.29, 1.82) is 0 Å². The summed E-state index contributed by atoms with van der Waals surface area (Å²) in [7, 11) is 3.25. The number of carboxylic acids is 1. The zero-order valence-electron chi connectivity index (χ0n) is 16.8. The van der Waals surface area contributed by atoms with Crippen molar-refractivity contribution >= 4 is 18.1 Å². The molecule has 1 aromatic heterocycles. The molecule has 0 saturated carbocycles. The van der Waals surface area contributed by atoms with E-state index in [0.29, 0.717) is 11.4 Å². The SMILES string of the molecule is COc1cc(/C=C/c2ccc(OCc3cn(CCC(=O)O)nn3)cc2)cc(OC)c1. The molecule has 0 aliphatic rings. The highest BCUT2D eigenvalue weighted by Crippen LogP contribution is 2.24. The Hall–Kier alpha value is -3.81. The Bertz CT molecular complexity index is 990. The average Bonchev–Trinajstić information content (AvgIpc) is 3.23. The summed E-state index contributed by atoms with van der Waals surface area (Å²) in [5.41, 5.74) is 2.62. The third-order valence-corrected chi connectivity index (χ3v) is 4.25. The highest BCUT2D eigenvalue weighted by molar-refractivity contribution is 5.71. The van der Waals surface area contributed by atoms with E-state index in [4.69, 9.17) is 19.3 Å². The zero-order chi connectivity index (χ0) is 21.3. The lowest BCUT2D eigenvalue weighted by Crippen LogP contribution is -2.04. The fraction of sp³-hybridized carbons (Fsp3) is 0.227. The fourth-order valence-corrected chi connectivity index (χ4v) is 2.67. The number of carbonyl (C=O) groups is 1. The highest BCUT2D eigenvalue weighted by Gasteiger charge is 2.04. The van der Waals surface area contributed by atoms with E-state index in [0.717, 1.165) is 22.6 Å². The molecule has 1 N–H and O–H groups in total. The Morgan fingerprint density at radius 1 is 1.00 bits per heavy atom. The Labute approximate surface area is 174 Å². The monoisotopic (exact) mass is 409 g/mol. The lowest BCUT2D eigenvalue weighted by atomic mass is 10.1. The number of methoxy groups -OCH3 is 2. The van der Waals surface area contributed by atoms with Crippen LogP contribution < -0.4 is 14.2 Å². The maximum Gasteiger partial charge on any atom is 0.305 e. The van der Waals surface area contributed by atoms with Gasteiger partial charge in [0.25, 0.3) is 0 Å². The summed E-state index contributed by atoms with van der Waals surface area (Å²) in [6.07, 6.45) is 5.66. The van der Waals surface area contributed by atoms with Crippen LogP contribution in [0.5, 0.6) is 17.2 Å². The molecule has 3 rings (SSSR count). The Kier molecular flexibility index (Phi) is 7.05. The molecule has 0 amide bonds. The third kappa shape index (κ3) is 6.10. The molecule has 0 fully saturated rings. The fourth-order valence-electron chi connectivity index (χ4n) is 2.67. The third-order valence-electron chi connectivity index (χ3n) is 4.25. The lowest BCUT2D eigenvalue weighted by Gasteiger charge is -2.06. The molecule has 0 atom stereocenters. The van der Waals surface area contributed by atoms with Crippen molar-refractivity contribution in [3.63, 3.8) is 0 Å². The average molecular weight is 409 g/mol. The highest BCUT2D eigenvalue weighted by atomic mass is 16.5. The van der Waals surface area contributed by atoms with Gasteiger partial charge in [0.2, 0.25) is 0 Å². The molecule has 2 aromatic carbocycles. The van der Waals surface area contributed by atoms with Crippen molar-refractivity contribution in [3.05, 3.63) is 65.5 Å². The number of aliphatic carboxylic acids is 1. The molecule has 156 valence electrons. The number of aryl methyl sites for hydroxylation is 1. The van der Waals surface area contributed by atoms with Crippen molar-refractivity contribution in [1.82, 2.24) is 15.0 Å². The van der Waals surface area contributed by atoms with Gasteiger partial charge < -0.3 is 19.3 Å². The van der Waals surface area contributed by atoms with E-state index >= 15 is 0 Å². The molecule has 0 bridgehead atoms. The summed E-state index contributed by atoms with van der Waals surface area (Å²) in [5, 5.41) is 16.6. The normalized spacial score (nSPS) is 10.9. The zero-order valence-corrected chi connectivity index (χ0v) is 16.8. The van der Waals surface area contributed by atoms with Crippen LogP contribution in [0.4, 0.5) is 0 Å². The first-order valence-electron chi connectivity index (χ1n) is 9.30. The molecule has 8 heteroatoms. The first-order chi connectivity index (χ1) is 14.6. The van der Waals surface area contributed by atoms with Crippen molar-refractivity contribution in [2.24, 2.45) is 0 Å². The number of benzene rings is 2. The quantitative estimate of drug-likeness (QED) is 0.512. The van der Waals surface area contributed by atoms with E-state index < -0.39 is 5.97 Å². The van der Waals surface area contributed by atoms with Crippen LogP contribution in [0.1, 0.15) is 23.2 Å². The van der Waals surface area contributed by atoms with Crippen LogP contribution in [0.15, 0.2) is 48.7 Å². The van der Waals surface area contributed by atoms with Crippen LogP contribution in [0.3, 0.4) is 0 Å². The van der Waals surface area contributed by atoms with Gasteiger partial charge in [0, 0.05) is 6.07 Å². The molecular weight excluding hydrogens is 386 g/mol. The van der Waals surface area contributed by atoms with E-state index in [1.165, 1.54) is 4.68 Å². The number of carboxylic acid groups (broad SMARTS) is 1. The molecule has 8 nitrogen and oxygen atoms in total. The standard InChI is InChI=1S/C22H23N3O5/c1-28-20-11-17(12-21(13-20)29-2)4-3-16-5-7-19(8-6-16)30-15-18-14-25(24-23-18)10-9-22(26)27/h3-8,11-14H,9-10,15H2,1-2H3,(H,26,27)/b4-3+. The predicted octanol–water partition coefficient (Wildman–Crippen LogP) is 3.52. The molecule has 1 heterocycles. The van der Waals surface area contributed by atoms with Gasteiger partial charge in [-0.3, -0.25) is 9.48 Å². The van der Waals surface area contributed by atoms with Gasteiger partial charge >= 0.3 is 5.97 Å². The molecule has 30 heavy (non-hydrogen) atoms. The van der Waals surface area contributed by atoms with Crippen molar-refractivity contribution in [3.8, 4) is 17.2 Å². The minimum absolute atomic E-state index is 0.00117. The first-order valence-corrected chi connectivity index (χ1v) is 9.30. The molecule has 0 unspecified atom stereocenters. The maximum absolute atomic E-state index is 10.6. The summed E-state index contributed by atoms with van der Waals surface area (Å²) < 4.78 is 17.8. The number of nitrogens with zero attached hydrogens (tertiary/aromatic N) is 3. The maximum atomic E-state index is 10.6. The Balaban J connectivity index is 1.56. The van der Waals surface area contributed by atoms with E-state index in [9.17, 15) is 4.79 Å². The minimum atomic E-state index is -0.872. The van der Waals surface area contributed by atoms with E-state index in [1.54, 1.807) is 20.4 Å². The van der Waals surface area contributed by atoms with Gasteiger partial charge in [0.1, 0.15) is 29.5 Å². The number of aromatic nitrogens is 3. The molecule has 3 aromatic rings. The summed E-state index contributed by atoms with van der Waals surface area (Å²) in [4.78, 5) is 10.6. The van der Waals surface area contributed by atoms with E-state index in [2.05, 4.69) is 10.3 Å². The molecule has 0 aliphatic carbocycles. The van der Waals surface area contributed by atoms with Crippen molar-refractivity contribution in [2.75, 3.05) is 14.2 Å². The summed E-state index contributed by atoms with van der Waals surface area (Å²) >= 11 is 0. The van der Waals surface area contributed by atoms with Gasteiger partial charge in [-0.2, -0.15) is 0 Å². The van der Waals surface area contributed by atoms with Crippen molar-refractivity contribution in [2.45, 2.75) is 19.6 Å². The Morgan fingerprint density at radius 2 is 1.67 bits per heavy atom. The van der Waals surface area contributed by atoms with Crippen LogP contribution in [-0.4, -0.2) is 40.3 Å². The number of ether oxygens (including phenoxy) is 3. The van der Waals surface area contributed by atoms with Crippen molar-refractivity contribution < 1.29 is 24.1 Å². The molecular formula is C22H23N3O5. The van der Waals surface area contributed by atoms with E-state index in [-0.39, 0.29) is 19.6 Å². The number of hydrogen-bond acceptors (Lipinski definition) is 6. The molecule has 0 spiro atoms. The summed E-state index contributed by atoms with van der Waals surface area (Å²) in [5.74, 6) is 1.30. The minimum Gasteiger partial charge on any atom is -0.497 e. The van der Waals surface area contributed by atoms with Gasteiger partial charge in [-0.25, -0.2) is 0 Å². The van der Waals surface area contributed by atoms with Gasteiger partial charge in [0.15, 0.2) is 0 Å². The van der Waals surface area contributed by atoms with Gasteiger partial charge in [-0.1, -0.05) is 29.5 Å². The van der Waals surface area contributed by atoms with Crippen LogP contribution in [0.25, 0.3) is 12.2 Å². The lowest BCUT2D eigenvalue weighted by molar-refractivity contribution is -0.137. The van der Waals surface area contributed by atoms with Crippen LogP contribution in [0.2, 0.25) is 0 Å². The number of hydrogen-bond donors (Lipinski definition) is 1. The second-order valence-corrected chi connectivity index (χ2v) is 6.45. The van der Waals surface area contributed by atoms with Gasteiger partial charge in [0.05, 0.1) is 33.4 Å². The molecule has 0 aliphatic heterocycles. The predicted molar refractivity (Wildman–Crippen MR) is 112 cm³/mol. The second-order valence-electron chi connectivity index (χ2n) is 6.45. The van der Waals surface area contributed by atoms with Crippen LogP contribution in [-0.2, 0) is 17.9 Å². The largest absolute Gasteiger partial charge is 0.497 e. The topological polar surface area (TPSA) is 95.7 Å². The van der Waals surface area contributed by atoms with Crippen LogP contribution >= 0.6 is 0 Å².